The van der Waals surface area contributed by atoms with Crippen LogP contribution in [0.25, 0.3) is 0 Å². The molecule has 0 N–H and O–H groups in total. The maximum absolute atomic E-state index is 11.8. The molecule has 0 heterocycles. The van der Waals surface area contributed by atoms with E-state index < -0.39 is 0 Å². The van der Waals surface area contributed by atoms with Gasteiger partial charge in [-0.05, 0) is 24.3 Å². The molecule has 0 atom stereocenters. The number of halogens is 3. The summed E-state index contributed by atoms with van der Waals surface area (Å²) in [6.07, 6.45) is 3.24. The molecule has 0 fully saturated rings. The standard InChI is InChI=1S/C13H14Cl3NO/c14-6-9-17(10-7-15)8-5-13(18)11-1-3-12(16)4-2-11/h1-5,8H,6-7,9-10H2. The fourth-order valence-corrected chi connectivity index (χ4v) is 1.92. The highest BCUT2D eigenvalue weighted by Gasteiger charge is 2.02. The fraction of sp³-hybridized carbons (Fsp3) is 0.308. The average Bonchev–Trinajstić information content (AvgIpc) is 2.37. The average molecular weight is 307 g/mol. The minimum atomic E-state index is -0.0687. The van der Waals surface area contributed by atoms with Crippen LogP contribution in [-0.2, 0) is 0 Å². The van der Waals surface area contributed by atoms with Crippen LogP contribution in [0.15, 0.2) is 36.5 Å². The predicted octanol–water partition coefficient (Wildman–Crippen LogP) is 3.82. The second-order valence-electron chi connectivity index (χ2n) is 3.60. The van der Waals surface area contributed by atoms with Crippen molar-refractivity contribution in [3.05, 3.63) is 47.1 Å². The Morgan fingerprint density at radius 3 is 2.17 bits per heavy atom. The Kier molecular flexibility index (Phi) is 7.18. The van der Waals surface area contributed by atoms with Crippen molar-refractivity contribution in [3.63, 3.8) is 0 Å². The molecular weight excluding hydrogens is 293 g/mol. The minimum absolute atomic E-state index is 0.0687. The van der Waals surface area contributed by atoms with Gasteiger partial charge in [0.1, 0.15) is 0 Å². The van der Waals surface area contributed by atoms with Gasteiger partial charge in [-0.2, -0.15) is 0 Å². The first kappa shape index (κ1) is 15.4. The first-order chi connectivity index (χ1) is 8.67. The Morgan fingerprint density at radius 2 is 1.67 bits per heavy atom. The number of alkyl halides is 2. The molecule has 0 radical (unpaired) electrons. The monoisotopic (exact) mass is 305 g/mol. The number of hydrogen-bond donors (Lipinski definition) is 0. The second-order valence-corrected chi connectivity index (χ2v) is 4.79. The van der Waals surface area contributed by atoms with Gasteiger partial charge in [0.05, 0.1) is 0 Å². The summed E-state index contributed by atoms with van der Waals surface area (Å²) in [5.74, 6) is 0.924. The molecule has 0 spiro atoms. The van der Waals surface area contributed by atoms with E-state index in [2.05, 4.69) is 0 Å². The largest absolute Gasteiger partial charge is 0.375 e. The predicted molar refractivity (Wildman–Crippen MR) is 77.9 cm³/mol. The topological polar surface area (TPSA) is 20.3 Å². The number of ketones is 1. The molecule has 0 aliphatic rings. The summed E-state index contributed by atoms with van der Waals surface area (Å²) in [5, 5.41) is 0.612. The van der Waals surface area contributed by atoms with Crippen LogP contribution in [0, 0.1) is 0 Å². The van der Waals surface area contributed by atoms with Crippen molar-refractivity contribution >= 4 is 40.6 Å². The lowest BCUT2D eigenvalue weighted by atomic mass is 10.1. The highest BCUT2D eigenvalue weighted by atomic mass is 35.5. The molecule has 0 aromatic heterocycles. The van der Waals surface area contributed by atoms with Gasteiger partial charge in [-0.15, -0.1) is 23.2 Å². The van der Waals surface area contributed by atoms with Crippen LogP contribution < -0.4 is 0 Å². The van der Waals surface area contributed by atoms with E-state index in [0.29, 0.717) is 35.4 Å². The Balaban J connectivity index is 2.64. The van der Waals surface area contributed by atoms with Gasteiger partial charge in [-0.25, -0.2) is 0 Å². The third-order valence-electron chi connectivity index (χ3n) is 2.31. The molecule has 0 saturated heterocycles. The van der Waals surface area contributed by atoms with Crippen LogP contribution in [-0.4, -0.2) is 35.5 Å². The van der Waals surface area contributed by atoms with E-state index in [-0.39, 0.29) is 5.78 Å². The van der Waals surface area contributed by atoms with Gasteiger partial charge in [0.25, 0.3) is 0 Å². The zero-order chi connectivity index (χ0) is 13.4. The maximum atomic E-state index is 11.8. The Bertz CT molecular complexity index is 397. The smallest absolute Gasteiger partial charge is 0.187 e. The lowest BCUT2D eigenvalue weighted by Crippen LogP contribution is -2.22. The van der Waals surface area contributed by atoms with Crippen molar-refractivity contribution in [2.24, 2.45) is 0 Å². The number of carbonyl (C=O) groups is 1. The number of carbonyl (C=O) groups excluding carboxylic acids is 1. The molecule has 0 amide bonds. The molecule has 0 aliphatic heterocycles. The Labute approximate surface area is 122 Å². The molecule has 2 nitrogen and oxygen atoms in total. The number of hydrogen-bond acceptors (Lipinski definition) is 2. The molecule has 98 valence electrons. The number of nitrogens with zero attached hydrogens (tertiary/aromatic N) is 1. The Hall–Kier alpha value is -0.700. The molecule has 1 aromatic rings. The summed E-state index contributed by atoms with van der Waals surface area (Å²) in [6.45, 7) is 1.33. The molecule has 18 heavy (non-hydrogen) atoms. The quantitative estimate of drug-likeness (QED) is 0.434. The fourth-order valence-electron chi connectivity index (χ4n) is 1.36. The minimum Gasteiger partial charge on any atom is -0.375 e. The van der Waals surface area contributed by atoms with Gasteiger partial charge < -0.3 is 4.90 Å². The molecular formula is C13H14Cl3NO. The third kappa shape index (κ3) is 5.30. The number of rotatable bonds is 7. The van der Waals surface area contributed by atoms with Crippen LogP contribution >= 0.6 is 34.8 Å². The molecule has 0 aliphatic carbocycles. The Morgan fingerprint density at radius 1 is 1.11 bits per heavy atom. The first-order valence-electron chi connectivity index (χ1n) is 5.51. The van der Waals surface area contributed by atoms with E-state index in [1.807, 2.05) is 4.90 Å². The van der Waals surface area contributed by atoms with E-state index in [1.165, 1.54) is 6.08 Å². The van der Waals surface area contributed by atoms with Gasteiger partial charge in [-0.1, -0.05) is 11.6 Å². The summed E-state index contributed by atoms with van der Waals surface area (Å²) >= 11 is 17.1. The van der Waals surface area contributed by atoms with E-state index in [9.17, 15) is 4.79 Å². The molecule has 0 saturated carbocycles. The van der Waals surface area contributed by atoms with Gasteiger partial charge in [0.15, 0.2) is 5.78 Å². The summed E-state index contributed by atoms with van der Waals surface area (Å²) in [5.41, 5.74) is 0.604. The number of allylic oxidation sites excluding steroid dienone is 1. The van der Waals surface area contributed by atoms with Crippen molar-refractivity contribution in [3.8, 4) is 0 Å². The van der Waals surface area contributed by atoms with Gasteiger partial charge in [0.2, 0.25) is 0 Å². The van der Waals surface area contributed by atoms with Gasteiger partial charge in [-0.3, -0.25) is 4.79 Å². The molecule has 1 rings (SSSR count). The van der Waals surface area contributed by atoms with Crippen LogP contribution in [0.4, 0.5) is 0 Å². The summed E-state index contributed by atoms with van der Waals surface area (Å²) in [4.78, 5) is 13.8. The van der Waals surface area contributed by atoms with E-state index in [1.54, 1.807) is 30.5 Å². The van der Waals surface area contributed by atoms with Gasteiger partial charge in [0, 0.05) is 47.7 Å². The normalized spacial score (nSPS) is 10.8. The molecule has 5 heteroatoms. The van der Waals surface area contributed by atoms with Crippen molar-refractivity contribution in [1.29, 1.82) is 0 Å². The van der Waals surface area contributed by atoms with Crippen molar-refractivity contribution in [2.45, 2.75) is 0 Å². The molecule has 1 aromatic carbocycles. The second kappa shape index (κ2) is 8.41. The van der Waals surface area contributed by atoms with Crippen molar-refractivity contribution < 1.29 is 4.79 Å². The van der Waals surface area contributed by atoms with E-state index >= 15 is 0 Å². The van der Waals surface area contributed by atoms with Crippen LogP contribution in [0.2, 0.25) is 5.02 Å². The van der Waals surface area contributed by atoms with Crippen molar-refractivity contribution in [2.75, 3.05) is 24.8 Å². The SMILES string of the molecule is O=C(C=CN(CCCl)CCCl)c1ccc(Cl)cc1. The summed E-state index contributed by atoms with van der Waals surface area (Å²) < 4.78 is 0. The number of benzene rings is 1. The van der Waals surface area contributed by atoms with E-state index in [4.69, 9.17) is 34.8 Å². The third-order valence-corrected chi connectivity index (χ3v) is 2.90. The van der Waals surface area contributed by atoms with Crippen molar-refractivity contribution in [1.82, 2.24) is 4.90 Å². The zero-order valence-electron chi connectivity index (χ0n) is 9.78. The highest BCUT2D eigenvalue weighted by Crippen LogP contribution is 2.10. The van der Waals surface area contributed by atoms with Crippen LogP contribution in [0.1, 0.15) is 10.4 Å². The summed E-state index contributed by atoms with van der Waals surface area (Å²) in [7, 11) is 0. The maximum Gasteiger partial charge on any atom is 0.187 e. The molecule has 0 bridgehead atoms. The summed E-state index contributed by atoms with van der Waals surface area (Å²) in [6, 6.07) is 6.78. The zero-order valence-corrected chi connectivity index (χ0v) is 12.0. The van der Waals surface area contributed by atoms with E-state index in [0.717, 1.165) is 0 Å². The molecule has 0 unspecified atom stereocenters. The van der Waals surface area contributed by atoms with Crippen LogP contribution in [0.3, 0.4) is 0 Å². The van der Waals surface area contributed by atoms with Gasteiger partial charge >= 0.3 is 0 Å². The van der Waals surface area contributed by atoms with Crippen LogP contribution in [0.5, 0.6) is 0 Å². The highest BCUT2D eigenvalue weighted by molar-refractivity contribution is 6.30. The lowest BCUT2D eigenvalue weighted by molar-refractivity contribution is 0.104. The lowest BCUT2D eigenvalue weighted by Gasteiger charge is -2.16. The first-order valence-corrected chi connectivity index (χ1v) is 6.96.